The molecule has 22 heavy (non-hydrogen) atoms. The van der Waals surface area contributed by atoms with E-state index in [-0.39, 0.29) is 5.82 Å². The number of nitrogens with zero attached hydrogens (tertiary/aromatic N) is 2. The van der Waals surface area contributed by atoms with Gasteiger partial charge in [0.25, 0.3) is 0 Å². The number of thiophene rings is 1. The molecular formula is C17H15FN2OS. The summed E-state index contributed by atoms with van der Waals surface area (Å²) in [5.74, 6) is 0.683. The summed E-state index contributed by atoms with van der Waals surface area (Å²) in [7, 11) is 0. The summed E-state index contributed by atoms with van der Waals surface area (Å²) in [6.45, 7) is 2.69. The molecular weight excluding hydrogens is 299 g/mol. The molecule has 0 bridgehead atoms. The minimum absolute atomic E-state index is 0.250. The summed E-state index contributed by atoms with van der Waals surface area (Å²) in [5.41, 5.74) is 2.64. The summed E-state index contributed by atoms with van der Waals surface area (Å²) in [4.78, 5) is 3.74. The van der Waals surface area contributed by atoms with Crippen LogP contribution in [0.5, 0.6) is 0 Å². The number of aromatic nitrogens is 1. The molecule has 0 fully saturated rings. The highest BCUT2D eigenvalue weighted by Gasteiger charge is 2.25. The van der Waals surface area contributed by atoms with Crippen molar-refractivity contribution in [2.45, 2.75) is 19.5 Å². The first-order chi connectivity index (χ1) is 10.8. The van der Waals surface area contributed by atoms with E-state index in [1.807, 2.05) is 6.07 Å². The summed E-state index contributed by atoms with van der Waals surface area (Å²) in [6, 6.07) is 10.8. The van der Waals surface area contributed by atoms with Gasteiger partial charge in [0, 0.05) is 42.1 Å². The van der Waals surface area contributed by atoms with E-state index in [1.54, 1.807) is 17.4 Å². The molecule has 0 spiro atoms. The maximum Gasteiger partial charge on any atom is 0.143 e. The van der Waals surface area contributed by atoms with E-state index in [9.17, 15) is 4.39 Å². The monoisotopic (exact) mass is 314 g/mol. The Balaban J connectivity index is 1.62. The lowest BCUT2D eigenvalue weighted by molar-refractivity contribution is 0.230. The van der Waals surface area contributed by atoms with Crippen LogP contribution in [0.2, 0.25) is 0 Å². The van der Waals surface area contributed by atoms with Gasteiger partial charge in [0.1, 0.15) is 17.3 Å². The van der Waals surface area contributed by atoms with Crippen molar-refractivity contribution in [3.63, 3.8) is 0 Å². The van der Waals surface area contributed by atoms with E-state index < -0.39 is 0 Å². The Morgan fingerprint density at radius 2 is 2.23 bits per heavy atom. The molecule has 0 atom stereocenters. The lowest BCUT2D eigenvalue weighted by Gasteiger charge is -2.25. The molecule has 0 N–H and O–H groups in total. The number of halogens is 1. The quantitative estimate of drug-likeness (QED) is 0.729. The van der Waals surface area contributed by atoms with Gasteiger partial charge in [0.05, 0.1) is 0 Å². The van der Waals surface area contributed by atoms with Gasteiger partial charge in [-0.3, -0.25) is 4.90 Å². The van der Waals surface area contributed by atoms with E-state index in [0.29, 0.717) is 0 Å². The fraction of sp³-hybridized carbons (Fsp3) is 0.235. The molecule has 5 heteroatoms. The molecule has 112 valence electrons. The van der Waals surface area contributed by atoms with Crippen molar-refractivity contribution in [2.75, 3.05) is 6.54 Å². The highest BCUT2D eigenvalue weighted by molar-refractivity contribution is 7.09. The zero-order valence-corrected chi connectivity index (χ0v) is 12.8. The molecule has 0 saturated heterocycles. The standard InChI is InChI=1S/C17H15FN2OS/c18-13-4-1-3-12(9-13)17-15-11-20(7-6-16(15)21-19-17)10-14-5-2-8-22-14/h1-5,8-9H,6-7,10-11H2. The van der Waals surface area contributed by atoms with Crippen molar-refractivity contribution in [3.8, 4) is 11.3 Å². The molecule has 1 aliphatic rings. The van der Waals surface area contributed by atoms with Gasteiger partial charge >= 0.3 is 0 Å². The van der Waals surface area contributed by atoms with Crippen LogP contribution in [0.1, 0.15) is 16.2 Å². The van der Waals surface area contributed by atoms with Crippen molar-refractivity contribution in [2.24, 2.45) is 0 Å². The van der Waals surface area contributed by atoms with E-state index in [1.165, 1.54) is 17.0 Å². The van der Waals surface area contributed by atoms with E-state index in [0.717, 1.165) is 48.6 Å². The van der Waals surface area contributed by atoms with Crippen LogP contribution in [0.3, 0.4) is 0 Å². The Bertz CT molecular complexity index is 782. The molecule has 0 saturated carbocycles. The van der Waals surface area contributed by atoms with Crippen LogP contribution in [-0.4, -0.2) is 16.6 Å². The largest absolute Gasteiger partial charge is 0.360 e. The minimum Gasteiger partial charge on any atom is -0.360 e. The van der Waals surface area contributed by atoms with Gasteiger partial charge in [-0.2, -0.15) is 0 Å². The summed E-state index contributed by atoms with van der Waals surface area (Å²) in [6.07, 6.45) is 0.850. The van der Waals surface area contributed by atoms with Gasteiger partial charge in [-0.05, 0) is 23.6 Å². The first-order valence-electron chi connectivity index (χ1n) is 7.28. The number of rotatable bonds is 3. The van der Waals surface area contributed by atoms with Crippen LogP contribution in [0.15, 0.2) is 46.3 Å². The predicted octanol–water partition coefficient (Wildman–Crippen LogP) is 4.10. The van der Waals surface area contributed by atoms with Gasteiger partial charge in [-0.1, -0.05) is 23.4 Å². The molecule has 1 aromatic carbocycles. The first kappa shape index (κ1) is 13.7. The average molecular weight is 314 g/mol. The Labute approximate surface area is 132 Å². The lowest BCUT2D eigenvalue weighted by Crippen LogP contribution is -2.29. The van der Waals surface area contributed by atoms with Crippen molar-refractivity contribution in [3.05, 3.63) is 63.8 Å². The van der Waals surface area contributed by atoms with Crippen LogP contribution in [0.4, 0.5) is 4.39 Å². The topological polar surface area (TPSA) is 29.3 Å². The van der Waals surface area contributed by atoms with E-state index in [2.05, 4.69) is 27.6 Å². The van der Waals surface area contributed by atoms with Crippen LogP contribution in [0, 0.1) is 5.82 Å². The second kappa shape index (κ2) is 5.66. The van der Waals surface area contributed by atoms with Crippen molar-refractivity contribution >= 4 is 11.3 Å². The minimum atomic E-state index is -0.250. The van der Waals surface area contributed by atoms with Gasteiger partial charge in [0.15, 0.2) is 0 Å². The summed E-state index contributed by atoms with van der Waals surface area (Å²) >= 11 is 1.77. The smallest absolute Gasteiger partial charge is 0.143 e. The maximum atomic E-state index is 13.5. The molecule has 2 aromatic heterocycles. The van der Waals surface area contributed by atoms with Gasteiger partial charge in [-0.25, -0.2) is 4.39 Å². The Morgan fingerprint density at radius 1 is 1.27 bits per heavy atom. The molecule has 0 aliphatic carbocycles. The van der Waals surface area contributed by atoms with Gasteiger partial charge in [0.2, 0.25) is 0 Å². The lowest BCUT2D eigenvalue weighted by atomic mass is 10.0. The van der Waals surface area contributed by atoms with Gasteiger partial charge in [-0.15, -0.1) is 11.3 Å². The third kappa shape index (κ3) is 2.58. The fourth-order valence-corrected chi connectivity index (χ4v) is 3.63. The third-order valence-electron chi connectivity index (χ3n) is 3.96. The second-order valence-corrected chi connectivity index (χ2v) is 6.52. The average Bonchev–Trinajstić information content (AvgIpc) is 3.16. The predicted molar refractivity (Wildman–Crippen MR) is 84.0 cm³/mol. The summed E-state index contributed by atoms with van der Waals surface area (Å²) < 4.78 is 18.9. The molecule has 0 radical (unpaired) electrons. The zero-order valence-electron chi connectivity index (χ0n) is 12.0. The van der Waals surface area contributed by atoms with E-state index >= 15 is 0 Å². The normalized spacial score (nSPS) is 15.0. The number of hydrogen-bond acceptors (Lipinski definition) is 4. The van der Waals surface area contributed by atoms with Crippen LogP contribution in [0.25, 0.3) is 11.3 Å². The first-order valence-corrected chi connectivity index (χ1v) is 8.15. The molecule has 4 rings (SSSR count). The van der Waals surface area contributed by atoms with Crippen LogP contribution >= 0.6 is 11.3 Å². The number of benzene rings is 1. The SMILES string of the molecule is Fc1cccc(-c2noc3c2CN(Cc2cccs2)CC3)c1. The van der Waals surface area contributed by atoms with E-state index in [4.69, 9.17) is 4.52 Å². The molecule has 3 nitrogen and oxygen atoms in total. The van der Waals surface area contributed by atoms with Crippen molar-refractivity contribution in [1.29, 1.82) is 0 Å². The Hall–Kier alpha value is -1.98. The molecule has 3 heterocycles. The highest BCUT2D eigenvalue weighted by Crippen LogP contribution is 2.31. The molecule has 0 amide bonds. The second-order valence-electron chi connectivity index (χ2n) is 5.48. The Morgan fingerprint density at radius 3 is 3.05 bits per heavy atom. The highest BCUT2D eigenvalue weighted by atomic mass is 32.1. The number of hydrogen-bond donors (Lipinski definition) is 0. The molecule has 1 aliphatic heterocycles. The molecule has 3 aromatic rings. The number of fused-ring (bicyclic) bond motifs is 1. The van der Waals surface area contributed by atoms with Gasteiger partial charge < -0.3 is 4.52 Å². The van der Waals surface area contributed by atoms with Crippen LogP contribution < -0.4 is 0 Å². The zero-order chi connectivity index (χ0) is 14.9. The molecule has 0 unspecified atom stereocenters. The summed E-state index contributed by atoms with van der Waals surface area (Å²) in [5, 5.41) is 6.27. The fourth-order valence-electron chi connectivity index (χ4n) is 2.89. The maximum absolute atomic E-state index is 13.5. The third-order valence-corrected chi connectivity index (χ3v) is 4.83. The van der Waals surface area contributed by atoms with Crippen LogP contribution in [-0.2, 0) is 19.5 Å². The van der Waals surface area contributed by atoms with Crippen molar-refractivity contribution < 1.29 is 8.91 Å². The van der Waals surface area contributed by atoms with Crippen molar-refractivity contribution in [1.82, 2.24) is 10.1 Å². The Kier molecular flexibility index (Phi) is 3.52.